The predicted octanol–water partition coefficient (Wildman–Crippen LogP) is 5.38. The van der Waals surface area contributed by atoms with Gasteiger partial charge in [0.25, 0.3) is 20.8 Å². The molecule has 2 aliphatic rings. The normalized spacial score (nSPS) is 12.7. The second kappa shape index (κ2) is 21.6. The van der Waals surface area contributed by atoms with Gasteiger partial charge in [-0.05, 0) is 80.9 Å². The summed E-state index contributed by atoms with van der Waals surface area (Å²) in [6.07, 6.45) is -0.830. The molecule has 18 nitrogen and oxygen atoms in total. The maximum absolute atomic E-state index is 12.5. The number of hydrogen-bond acceptors (Lipinski definition) is 14. The van der Waals surface area contributed by atoms with Crippen LogP contribution in [0.3, 0.4) is 0 Å². The van der Waals surface area contributed by atoms with Crippen molar-refractivity contribution in [2.45, 2.75) is 37.8 Å². The first-order chi connectivity index (χ1) is 31.4. The van der Waals surface area contributed by atoms with Crippen molar-refractivity contribution < 1.29 is 73.2 Å². The summed E-state index contributed by atoms with van der Waals surface area (Å²) in [6.45, 7) is 0. The van der Waals surface area contributed by atoms with Crippen LogP contribution < -0.4 is 28.5 Å². The van der Waals surface area contributed by atoms with Crippen LogP contribution in [0.5, 0.6) is 23.0 Å². The Morgan fingerprint density at radius 1 is 0.507 bits per heavy atom. The van der Waals surface area contributed by atoms with E-state index in [0.29, 0.717) is 35.5 Å². The number of carbonyl (C=O) groups excluding carboxylic acids is 2. The molecule has 2 atom stereocenters. The Bertz CT molecular complexity index is 2850. The van der Waals surface area contributed by atoms with Gasteiger partial charge in [0.2, 0.25) is 0 Å². The van der Waals surface area contributed by atoms with Crippen molar-refractivity contribution in [2.75, 3.05) is 0 Å². The fourth-order valence-electron chi connectivity index (χ4n) is 7.46. The van der Waals surface area contributed by atoms with E-state index in [-0.39, 0.29) is 73.2 Å². The van der Waals surface area contributed by atoms with Crippen molar-refractivity contribution in [2.24, 2.45) is 0 Å². The molecule has 4 N–H and O–H groups in total. The van der Waals surface area contributed by atoms with E-state index in [9.17, 15) is 55.3 Å². The molecule has 0 bridgehead atoms. The first kappa shape index (κ1) is 50.2. The van der Waals surface area contributed by atoms with Crippen LogP contribution in [0.15, 0.2) is 133 Å². The van der Waals surface area contributed by atoms with Crippen molar-refractivity contribution in [1.29, 1.82) is 0 Å². The summed E-state index contributed by atoms with van der Waals surface area (Å²) in [7, 11) is -9.82. The standard InChI is InChI=1S/2C23H19NO8S.Ba/c2*25-22(26)20(12-14-8-10-16(11-9-14)32-33(28,29)30)24-23(27)31-21-7-3-6-18-17-5-2-1-4-15(17)13-19(18)21;/h2*1-11,20H,12-13H2,(H,24,27)(H,25,26)(H,28,29,30);/q;;+2/p-2/t2*20-;/m00./s1. The molecule has 0 spiro atoms. The molecule has 67 heavy (non-hydrogen) atoms. The van der Waals surface area contributed by atoms with Gasteiger partial charge in [-0.25, -0.2) is 36.0 Å². The number of fused-ring (bicyclic) bond motifs is 6. The summed E-state index contributed by atoms with van der Waals surface area (Å²) >= 11 is 0. The van der Waals surface area contributed by atoms with Crippen LogP contribution in [-0.4, -0.2) is 121 Å². The smallest absolute Gasteiger partial charge is 0.716 e. The van der Waals surface area contributed by atoms with E-state index in [1.807, 2.05) is 60.7 Å². The number of amides is 2. The maximum Gasteiger partial charge on any atom is 2.00 e. The van der Waals surface area contributed by atoms with Crippen molar-refractivity contribution in [3.63, 3.8) is 0 Å². The summed E-state index contributed by atoms with van der Waals surface area (Å²) in [4.78, 5) is 48.3. The van der Waals surface area contributed by atoms with Gasteiger partial charge in [0.05, 0.1) is 0 Å². The zero-order valence-corrected chi connectivity index (χ0v) is 40.9. The fraction of sp³-hybridized carbons (Fsp3) is 0.130. The molecule has 0 unspecified atom stereocenters. The van der Waals surface area contributed by atoms with Crippen LogP contribution in [-0.2, 0) is 56.1 Å². The van der Waals surface area contributed by atoms with Crippen molar-refractivity contribution in [3.05, 3.63) is 167 Å². The molecule has 6 aromatic rings. The van der Waals surface area contributed by atoms with Gasteiger partial charge in [0.1, 0.15) is 35.1 Å². The topological polar surface area (TPSA) is 284 Å². The predicted molar refractivity (Wildman–Crippen MR) is 237 cm³/mol. The first-order valence-electron chi connectivity index (χ1n) is 19.7. The summed E-state index contributed by atoms with van der Waals surface area (Å²) in [6, 6.07) is 34.3. The quantitative estimate of drug-likeness (QED) is 0.0604. The number of ether oxygens (including phenoxy) is 2. The molecular weight excluding hydrogens is 1040 g/mol. The fourth-order valence-corrected chi connectivity index (χ4v) is 8.15. The van der Waals surface area contributed by atoms with E-state index in [1.54, 1.807) is 24.3 Å². The maximum atomic E-state index is 12.5. The van der Waals surface area contributed by atoms with Crippen LogP contribution in [0.25, 0.3) is 22.3 Å². The number of benzene rings is 6. The van der Waals surface area contributed by atoms with Crippen LogP contribution in [0.4, 0.5) is 9.59 Å². The molecule has 8 rings (SSSR count). The van der Waals surface area contributed by atoms with E-state index in [4.69, 9.17) is 9.47 Å². The summed E-state index contributed by atoms with van der Waals surface area (Å²) < 4.78 is 83.2. The monoisotopic (exact) mass is 1070 g/mol. The Morgan fingerprint density at radius 3 is 1.19 bits per heavy atom. The molecule has 0 heterocycles. The minimum atomic E-state index is -4.91. The molecule has 0 aromatic heterocycles. The molecule has 2 amide bonds. The second-order valence-corrected chi connectivity index (χ2v) is 16.7. The van der Waals surface area contributed by atoms with Crippen LogP contribution >= 0.6 is 0 Å². The second-order valence-electron chi connectivity index (χ2n) is 14.8. The molecule has 0 saturated carbocycles. The zero-order valence-electron chi connectivity index (χ0n) is 34.8. The number of carboxylic acids is 2. The Kier molecular flexibility index (Phi) is 16.2. The third-order valence-corrected chi connectivity index (χ3v) is 11.1. The Morgan fingerprint density at radius 2 is 0.851 bits per heavy atom. The van der Waals surface area contributed by atoms with Gasteiger partial charge in [-0.2, -0.15) is 0 Å². The van der Waals surface area contributed by atoms with Crippen molar-refractivity contribution in [1.82, 2.24) is 10.6 Å². The minimum Gasteiger partial charge on any atom is -0.716 e. The van der Waals surface area contributed by atoms with E-state index < -0.39 is 57.0 Å². The molecule has 21 heteroatoms. The molecule has 0 saturated heterocycles. The van der Waals surface area contributed by atoms with Crippen LogP contribution in [0.1, 0.15) is 33.4 Å². The van der Waals surface area contributed by atoms with Crippen molar-refractivity contribution in [3.8, 4) is 45.3 Å². The molecule has 0 aliphatic heterocycles. The van der Waals surface area contributed by atoms with Gasteiger partial charge in [0.15, 0.2) is 0 Å². The molecule has 2 aliphatic carbocycles. The van der Waals surface area contributed by atoms with Crippen LogP contribution in [0, 0.1) is 0 Å². The summed E-state index contributed by atoms with van der Waals surface area (Å²) in [5.41, 5.74) is 8.94. The SMILES string of the molecule is O=C(N[C@@H](Cc1ccc(OS(=O)(=O)[O-])cc1)C(=O)O)Oc1cccc2c1Cc1ccccc1-2.O=C(N[C@@H](Cc1ccc(OS(=O)(=O)[O-])cc1)C(=O)O)Oc1cccc2c1Cc1ccccc1-2.[Ba+2]. The number of carboxylic acid groups (broad SMARTS) is 2. The van der Waals surface area contributed by atoms with Gasteiger partial charge < -0.3 is 47.8 Å². The minimum absolute atomic E-state index is 0. The largest absolute Gasteiger partial charge is 2.00 e. The third kappa shape index (κ3) is 13.5. The summed E-state index contributed by atoms with van der Waals surface area (Å²) in [5.74, 6) is -2.25. The van der Waals surface area contributed by atoms with Crippen LogP contribution in [0.2, 0.25) is 0 Å². The molecule has 6 aromatic carbocycles. The van der Waals surface area contributed by atoms with E-state index in [0.717, 1.165) is 44.5 Å². The third-order valence-electron chi connectivity index (χ3n) is 10.3. The number of nitrogens with one attached hydrogen (secondary N) is 2. The van der Waals surface area contributed by atoms with E-state index in [1.165, 1.54) is 48.5 Å². The van der Waals surface area contributed by atoms with E-state index >= 15 is 0 Å². The number of hydrogen-bond donors (Lipinski definition) is 4. The Hall–Kier alpha value is -6.21. The molecule has 0 radical (unpaired) electrons. The molecule has 0 fully saturated rings. The number of carbonyl (C=O) groups is 4. The van der Waals surface area contributed by atoms with Gasteiger partial charge in [-0.3, -0.25) is 0 Å². The van der Waals surface area contributed by atoms with Crippen molar-refractivity contribution >= 4 is 93.8 Å². The van der Waals surface area contributed by atoms with Gasteiger partial charge >= 0.3 is 73.0 Å². The molecular formula is C46H36BaN2O16S2. The Balaban J connectivity index is 0.000000218. The summed E-state index contributed by atoms with van der Waals surface area (Å²) in [5, 5.41) is 23.7. The van der Waals surface area contributed by atoms with Gasteiger partial charge in [-0.1, -0.05) is 97.1 Å². The number of rotatable bonds is 14. The van der Waals surface area contributed by atoms with Gasteiger partial charge in [0, 0.05) is 36.8 Å². The molecule has 340 valence electrons. The van der Waals surface area contributed by atoms with E-state index in [2.05, 4.69) is 19.0 Å². The number of aliphatic carboxylic acids is 2. The average Bonchev–Trinajstić information content (AvgIpc) is 3.84. The average molecular weight is 1070 g/mol. The van der Waals surface area contributed by atoms with Gasteiger partial charge in [-0.15, -0.1) is 0 Å². The first-order valence-corrected chi connectivity index (χ1v) is 22.4. The Labute approximate surface area is 423 Å². The zero-order chi connectivity index (χ0) is 47.2.